The maximum Gasteiger partial charge on any atom is 0.118 e. The van der Waals surface area contributed by atoms with Crippen molar-refractivity contribution in [2.24, 2.45) is 0 Å². The largest absolute Gasteiger partial charge is 0.497 e. The van der Waals surface area contributed by atoms with Gasteiger partial charge in [0.25, 0.3) is 0 Å². The molecule has 1 N–H and O–H groups in total. The van der Waals surface area contributed by atoms with E-state index < -0.39 is 0 Å². The Morgan fingerprint density at radius 3 is 2.35 bits per heavy atom. The molecule has 0 saturated carbocycles. The fraction of sp³-hybridized carbons (Fsp3) is 0.286. The summed E-state index contributed by atoms with van der Waals surface area (Å²) in [6.07, 6.45) is 2.28. The van der Waals surface area contributed by atoms with Gasteiger partial charge >= 0.3 is 0 Å². The van der Waals surface area contributed by atoms with Crippen molar-refractivity contribution >= 4 is 21.4 Å². The highest BCUT2D eigenvalue weighted by atomic mass is 32.1. The van der Waals surface area contributed by atoms with Crippen molar-refractivity contribution in [3.63, 3.8) is 0 Å². The van der Waals surface area contributed by atoms with Gasteiger partial charge < -0.3 is 10.1 Å². The summed E-state index contributed by atoms with van der Waals surface area (Å²) in [5.41, 5.74) is 5.38. The third-order valence-electron chi connectivity index (χ3n) is 5.26. The Labute approximate surface area is 190 Å². The van der Waals surface area contributed by atoms with Crippen molar-refractivity contribution < 1.29 is 4.74 Å². The van der Waals surface area contributed by atoms with E-state index in [1.807, 2.05) is 23.5 Å². The summed E-state index contributed by atoms with van der Waals surface area (Å²) >= 11 is 1.88. The molecule has 0 radical (unpaired) electrons. The molecule has 1 heterocycles. The van der Waals surface area contributed by atoms with E-state index in [0.29, 0.717) is 0 Å². The lowest BCUT2D eigenvalue weighted by molar-refractivity contribution is 0.414. The van der Waals surface area contributed by atoms with E-state index in [1.54, 1.807) is 7.11 Å². The van der Waals surface area contributed by atoms with Gasteiger partial charge in [0.05, 0.1) is 7.11 Å². The third kappa shape index (κ3) is 6.68. The van der Waals surface area contributed by atoms with Crippen LogP contribution < -0.4 is 10.1 Å². The lowest BCUT2D eigenvalue weighted by Crippen LogP contribution is -2.17. The Morgan fingerprint density at radius 1 is 0.871 bits per heavy atom. The molecule has 2 nitrogen and oxygen atoms in total. The number of nitrogens with one attached hydrogen (secondary N) is 1. The average molecular weight is 432 g/mol. The zero-order valence-corrected chi connectivity index (χ0v) is 19.9. The molecule has 4 aromatic rings. The lowest BCUT2D eigenvalue weighted by atomic mass is 10.1. The van der Waals surface area contributed by atoms with Crippen LogP contribution in [0.15, 0.2) is 72.8 Å². The number of methoxy groups -OCH3 is 1. The maximum absolute atomic E-state index is 5.10. The first-order valence-electron chi connectivity index (χ1n) is 11.0. The van der Waals surface area contributed by atoms with Gasteiger partial charge in [0.1, 0.15) is 5.75 Å². The van der Waals surface area contributed by atoms with Crippen molar-refractivity contribution in [2.75, 3.05) is 20.2 Å². The minimum absolute atomic E-state index is 0.926. The molecule has 4 rings (SSSR count). The number of ether oxygens (including phenoxy) is 1. The van der Waals surface area contributed by atoms with Gasteiger partial charge in [0, 0.05) is 9.58 Å². The van der Waals surface area contributed by atoms with Gasteiger partial charge in [-0.2, -0.15) is 0 Å². The standard InChI is InChI=1S/C16H14S.C12H19NO/c1-11-7-8-13-10-16(17-15(13)9-11)14-6-4-3-5-12(14)2;1-3-9-13-10-8-11-4-6-12(14-2)7-5-11/h3-10H,1-2H3;4-7,13H,3,8-10H2,1-2H3. The van der Waals surface area contributed by atoms with Crippen LogP contribution in [-0.4, -0.2) is 20.2 Å². The second kappa shape index (κ2) is 11.7. The third-order valence-corrected chi connectivity index (χ3v) is 6.39. The summed E-state index contributed by atoms with van der Waals surface area (Å²) in [5.74, 6) is 0.926. The molecule has 0 amide bonds. The smallest absolute Gasteiger partial charge is 0.118 e. The van der Waals surface area contributed by atoms with E-state index >= 15 is 0 Å². The van der Waals surface area contributed by atoms with Crippen molar-refractivity contribution in [2.45, 2.75) is 33.6 Å². The monoisotopic (exact) mass is 431 g/mol. The molecule has 31 heavy (non-hydrogen) atoms. The number of thiophene rings is 1. The highest BCUT2D eigenvalue weighted by molar-refractivity contribution is 7.22. The van der Waals surface area contributed by atoms with Crippen molar-refractivity contribution in [1.82, 2.24) is 5.32 Å². The number of fused-ring (bicyclic) bond motifs is 1. The summed E-state index contributed by atoms with van der Waals surface area (Å²) in [5, 5.41) is 4.73. The summed E-state index contributed by atoms with van der Waals surface area (Å²) in [6.45, 7) is 8.66. The minimum Gasteiger partial charge on any atom is -0.497 e. The van der Waals surface area contributed by atoms with E-state index in [1.165, 1.54) is 43.6 Å². The van der Waals surface area contributed by atoms with Gasteiger partial charge in [-0.15, -0.1) is 11.3 Å². The van der Waals surface area contributed by atoms with Crippen LogP contribution in [0.25, 0.3) is 20.5 Å². The molecular weight excluding hydrogens is 398 g/mol. The molecule has 0 unspecified atom stereocenters. The van der Waals surface area contributed by atoms with Crippen LogP contribution in [0.1, 0.15) is 30.0 Å². The SMILES string of the molecule is CCCNCCc1ccc(OC)cc1.Cc1ccc2cc(-c3ccccc3C)sc2c1. The molecule has 0 bridgehead atoms. The normalized spacial score (nSPS) is 10.6. The predicted molar refractivity (Wildman–Crippen MR) is 137 cm³/mol. The molecule has 0 aliphatic rings. The number of aryl methyl sites for hydroxylation is 2. The zero-order valence-electron chi connectivity index (χ0n) is 19.1. The summed E-state index contributed by atoms with van der Waals surface area (Å²) in [7, 11) is 1.69. The number of rotatable bonds is 7. The first kappa shape index (κ1) is 23.1. The molecule has 3 aromatic carbocycles. The van der Waals surface area contributed by atoms with E-state index in [2.05, 4.69) is 86.8 Å². The molecule has 0 atom stereocenters. The zero-order chi connectivity index (χ0) is 22.1. The predicted octanol–water partition coefficient (Wildman–Crippen LogP) is 7.42. The van der Waals surface area contributed by atoms with Crippen molar-refractivity contribution in [3.05, 3.63) is 89.5 Å². The number of hydrogen-bond acceptors (Lipinski definition) is 3. The van der Waals surface area contributed by atoms with Crippen molar-refractivity contribution in [1.29, 1.82) is 0 Å². The Bertz CT molecular complexity index is 1080. The Balaban J connectivity index is 0.000000180. The molecular formula is C28H33NOS. The number of hydrogen-bond donors (Lipinski definition) is 1. The number of benzene rings is 3. The molecule has 3 heteroatoms. The van der Waals surface area contributed by atoms with Gasteiger partial charge in [-0.3, -0.25) is 0 Å². The van der Waals surface area contributed by atoms with Crippen LogP contribution in [0.3, 0.4) is 0 Å². The van der Waals surface area contributed by atoms with E-state index in [9.17, 15) is 0 Å². The van der Waals surface area contributed by atoms with Crippen LogP contribution in [0.2, 0.25) is 0 Å². The quantitative estimate of drug-likeness (QED) is 0.307. The molecule has 0 aliphatic carbocycles. The summed E-state index contributed by atoms with van der Waals surface area (Å²) in [6, 6.07) is 25.8. The van der Waals surface area contributed by atoms with Crippen LogP contribution in [0.5, 0.6) is 5.75 Å². The second-order valence-corrected chi connectivity index (χ2v) is 8.90. The van der Waals surface area contributed by atoms with E-state index in [4.69, 9.17) is 4.74 Å². The molecule has 162 valence electrons. The van der Waals surface area contributed by atoms with Crippen LogP contribution >= 0.6 is 11.3 Å². The van der Waals surface area contributed by atoms with Gasteiger partial charge in [-0.25, -0.2) is 0 Å². The Hall–Kier alpha value is -2.62. The highest BCUT2D eigenvalue weighted by Crippen LogP contribution is 2.35. The van der Waals surface area contributed by atoms with E-state index in [-0.39, 0.29) is 0 Å². The molecule has 0 saturated heterocycles. The minimum atomic E-state index is 0.926. The first-order valence-corrected chi connectivity index (χ1v) is 11.8. The Kier molecular flexibility index (Phi) is 8.69. The maximum atomic E-state index is 5.10. The van der Waals surface area contributed by atoms with E-state index in [0.717, 1.165) is 25.3 Å². The first-order chi connectivity index (χ1) is 15.1. The summed E-state index contributed by atoms with van der Waals surface area (Å²) < 4.78 is 6.47. The Morgan fingerprint density at radius 2 is 1.65 bits per heavy atom. The van der Waals surface area contributed by atoms with Crippen LogP contribution in [-0.2, 0) is 6.42 Å². The molecule has 0 aliphatic heterocycles. The average Bonchev–Trinajstić information content (AvgIpc) is 3.21. The lowest BCUT2D eigenvalue weighted by Gasteiger charge is -2.04. The van der Waals surface area contributed by atoms with Crippen LogP contribution in [0, 0.1) is 13.8 Å². The van der Waals surface area contributed by atoms with Crippen LogP contribution in [0.4, 0.5) is 0 Å². The fourth-order valence-electron chi connectivity index (χ4n) is 3.45. The highest BCUT2D eigenvalue weighted by Gasteiger charge is 2.06. The second-order valence-electron chi connectivity index (χ2n) is 7.81. The molecule has 1 aromatic heterocycles. The summed E-state index contributed by atoms with van der Waals surface area (Å²) in [4.78, 5) is 1.36. The molecule has 0 spiro atoms. The van der Waals surface area contributed by atoms with Gasteiger partial charge in [-0.1, -0.05) is 55.5 Å². The van der Waals surface area contributed by atoms with Crippen molar-refractivity contribution in [3.8, 4) is 16.2 Å². The van der Waals surface area contributed by atoms with Gasteiger partial charge in [0.15, 0.2) is 0 Å². The molecule has 0 fully saturated rings. The topological polar surface area (TPSA) is 21.3 Å². The van der Waals surface area contributed by atoms with Gasteiger partial charge in [0.2, 0.25) is 0 Å². The van der Waals surface area contributed by atoms with Gasteiger partial charge in [-0.05, 0) is 91.7 Å². The fourth-order valence-corrected chi connectivity index (χ4v) is 4.70.